The van der Waals surface area contributed by atoms with E-state index in [9.17, 15) is 9.59 Å². The van der Waals surface area contributed by atoms with Gasteiger partial charge >= 0.3 is 0 Å². The molecule has 0 spiro atoms. The lowest BCUT2D eigenvalue weighted by Crippen LogP contribution is -2.32. The Hall–Kier alpha value is -4.10. The zero-order valence-corrected chi connectivity index (χ0v) is 18.8. The van der Waals surface area contributed by atoms with Crippen molar-refractivity contribution in [3.05, 3.63) is 100 Å². The molecule has 7 nitrogen and oxygen atoms in total. The van der Waals surface area contributed by atoms with E-state index in [4.69, 9.17) is 21.1 Å². The van der Waals surface area contributed by atoms with Gasteiger partial charge in [-0.2, -0.15) is 5.10 Å². The van der Waals surface area contributed by atoms with Crippen molar-refractivity contribution in [2.45, 2.75) is 0 Å². The molecule has 3 aromatic rings. The molecule has 0 bridgehead atoms. The summed E-state index contributed by atoms with van der Waals surface area (Å²) in [6.07, 6.45) is 2.98. The molecule has 2 amide bonds. The van der Waals surface area contributed by atoms with E-state index in [1.807, 2.05) is 0 Å². The number of amides is 2. The van der Waals surface area contributed by atoms with E-state index in [1.54, 1.807) is 72.8 Å². The summed E-state index contributed by atoms with van der Waals surface area (Å²) in [6, 6.07) is 20.7. The highest BCUT2D eigenvalue weighted by atomic mass is 35.5. The van der Waals surface area contributed by atoms with Crippen LogP contribution in [-0.2, 0) is 4.79 Å². The third-order valence-corrected chi connectivity index (χ3v) is 4.71. The molecule has 8 heteroatoms. The Bertz CT molecular complexity index is 1190. The van der Waals surface area contributed by atoms with Gasteiger partial charge in [0.05, 0.1) is 20.4 Å². The van der Waals surface area contributed by atoms with Gasteiger partial charge in [0.25, 0.3) is 11.8 Å². The largest absolute Gasteiger partial charge is 0.493 e. The lowest BCUT2D eigenvalue weighted by Gasteiger charge is -2.11. The second-order valence-electron chi connectivity index (χ2n) is 6.75. The highest BCUT2D eigenvalue weighted by molar-refractivity contribution is 6.30. The Morgan fingerprint density at radius 2 is 1.64 bits per heavy atom. The van der Waals surface area contributed by atoms with Crippen LogP contribution in [0.4, 0.5) is 0 Å². The second-order valence-corrected chi connectivity index (χ2v) is 7.18. The Morgan fingerprint density at radius 3 is 2.33 bits per heavy atom. The van der Waals surface area contributed by atoms with Crippen molar-refractivity contribution in [1.29, 1.82) is 0 Å². The first kappa shape index (κ1) is 23.6. The molecule has 0 aromatic heterocycles. The minimum Gasteiger partial charge on any atom is -0.493 e. The molecule has 0 atom stereocenters. The highest BCUT2D eigenvalue weighted by Crippen LogP contribution is 2.28. The fourth-order valence-corrected chi connectivity index (χ4v) is 3.06. The van der Waals surface area contributed by atoms with Gasteiger partial charge in [-0.25, -0.2) is 5.43 Å². The van der Waals surface area contributed by atoms with Crippen LogP contribution in [0, 0.1) is 0 Å². The predicted molar refractivity (Wildman–Crippen MR) is 129 cm³/mol. The van der Waals surface area contributed by atoms with E-state index in [0.29, 0.717) is 33.2 Å². The summed E-state index contributed by atoms with van der Waals surface area (Å²) >= 11 is 5.96. The van der Waals surface area contributed by atoms with Gasteiger partial charge in [0, 0.05) is 10.6 Å². The van der Waals surface area contributed by atoms with Crippen molar-refractivity contribution >= 4 is 35.7 Å². The Labute approximate surface area is 196 Å². The van der Waals surface area contributed by atoms with Gasteiger partial charge < -0.3 is 14.8 Å². The van der Waals surface area contributed by atoms with Gasteiger partial charge in [-0.05, 0) is 53.6 Å². The molecule has 0 radical (unpaired) electrons. The number of hydrazone groups is 1. The molecule has 3 aromatic carbocycles. The van der Waals surface area contributed by atoms with Gasteiger partial charge in [-0.3, -0.25) is 9.59 Å². The number of halogens is 1. The molecule has 33 heavy (non-hydrogen) atoms. The van der Waals surface area contributed by atoms with Gasteiger partial charge in [0.1, 0.15) is 5.70 Å². The van der Waals surface area contributed by atoms with E-state index in [0.717, 1.165) is 0 Å². The lowest BCUT2D eigenvalue weighted by atomic mass is 10.1. The first-order valence-electron chi connectivity index (χ1n) is 9.89. The van der Waals surface area contributed by atoms with E-state index in [2.05, 4.69) is 15.8 Å². The van der Waals surface area contributed by atoms with E-state index >= 15 is 0 Å². The van der Waals surface area contributed by atoms with Crippen molar-refractivity contribution in [2.24, 2.45) is 5.10 Å². The molecule has 0 aliphatic heterocycles. The standard InChI is InChI=1S/C25H22ClN3O4/c1-32-22-12-11-17(15-23(22)33-2)14-21(28-24(30)19-8-4-3-5-9-19)25(31)29-27-16-18-7-6-10-20(26)13-18/h3-16H,1-2H3,(H,28,30)(H,29,31)/b21-14+,27-16-. The summed E-state index contributed by atoms with van der Waals surface area (Å²) in [6.45, 7) is 0. The number of nitrogens with one attached hydrogen (secondary N) is 2. The number of ether oxygens (including phenoxy) is 2. The molecular formula is C25H22ClN3O4. The monoisotopic (exact) mass is 463 g/mol. The summed E-state index contributed by atoms with van der Waals surface area (Å²) in [5, 5.41) is 7.17. The first-order chi connectivity index (χ1) is 16.0. The minimum atomic E-state index is -0.604. The maximum absolute atomic E-state index is 12.9. The lowest BCUT2D eigenvalue weighted by molar-refractivity contribution is -0.117. The minimum absolute atomic E-state index is 0.000632. The molecule has 0 saturated heterocycles. The zero-order chi connectivity index (χ0) is 23.6. The van der Waals surface area contributed by atoms with Crippen molar-refractivity contribution in [3.8, 4) is 11.5 Å². The van der Waals surface area contributed by atoms with E-state index in [-0.39, 0.29) is 5.70 Å². The third-order valence-electron chi connectivity index (χ3n) is 4.48. The van der Waals surface area contributed by atoms with Crippen LogP contribution in [0.3, 0.4) is 0 Å². The Kier molecular flexibility index (Phi) is 8.21. The topological polar surface area (TPSA) is 89.0 Å². The predicted octanol–water partition coefficient (Wildman–Crippen LogP) is 4.28. The maximum atomic E-state index is 12.9. The quantitative estimate of drug-likeness (QED) is 0.296. The Morgan fingerprint density at radius 1 is 0.879 bits per heavy atom. The van der Waals surface area contributed by atoms with Gasteiger partial charge in [0.15, 0.2) is 11.5 Å². The van der Waals surface area contributed by atoms with Gasteiger partial charge in [-0.1, -0.05) is 48.0 Å². The van der Waals surface area contributed by atoms with Crippen LogP contribution in [0.2, 0.25) is 5.02 Å². The van der Waals surface area contributed by atoms with Crippen LogP contribution >= 0.6 is 11.6 Å². The number of methoxy groups -OCH3 is 2. The fraction of sp³-hybridized carbons (Fsp3) is 0.0800. The molecule has 0 fully saturated rings. The summed E-state index contributed by atoms with van der Waals surface area (Å²) in [4.78, 5) is 25.5. The molecular weight excluding hydrogens is 442 g/mol. The van der Waals surface area contributed by atoms with E-state index in [1.165, 1.54) is 26.5 Å². The summed E-state index contributed by atoms with van der Waals surface area (Å²) in [5.41, 5.74) is 4.16. The highest BCUT2D eigenvalue weighted by Gasteiger charge is 2.15. The summed E-state index contributed by atoms with van der Waals surface area (Å²) in [7, 11) is 3.05. The van der Waals surface area contributed by atoms with Crippen LogP contribution in [0.25, 0.3) is 6.08 Å². The fourth-order valence-electron chi connectivity index (χ4n) is 2.86. The van der Waals surface area contributed by atoms with Gasteiger partial charge in [0.2, 0.25) is 0 Å². The number of hydrogen-bond acceptors (Lipinski definition) is 5. The van der Waals surface area contributed by atoms with Crippen molar-refractivity contribution < 1.29 is 19.1 Å². The average Bonchev–Trinajstić information content (AvgIpc) is 2.84. The summed E-state index contributed by atoms with van der Waals surface area (Å²) < 4.78 is 10.6. The van der Waals surface area contributed by atoms with Crippen LogP contribution in [0.15, 0.2) is 83.6 Å². The third kappa shape index (κ3) is 6.69. The number of rotatable bonds is 8. The maximum Gasteiger partial charge on any atom is 0.287 e. The smallest absolute Gasteiger partial charge is 0.287 e. The van der Waals surface area contributed by atoms with Crippen LogP contribution in [0.5, 0.6) is 11.5 Å². The molecule has 3 rings (SSSR count). The SMILES string of the molecule is COc1ccc(/C=C(/NC(=O)c2ccccc2)C(=O)N/N=C\c2cccc(Cl)c2)cc1OC. The molecule has 0 heterocycles. The molecule has 168 valence electrons. The van der Waals surface area contributed by atoms with Crippen molar-refractivity contribution in [1.82, 2.24) is 10.7 Å². The second kappa shape index (κ2) is 11.5. The van der Waals surface area contributed by atoms with Crippen molar-refractivity contribution in [2.75, 3.05) is 14.2 Å². The number of hydrogen-bond donors (Lipinski definition) is 2. The van der Waals surface area contributed by atoms with Gasteiger partial charge in [-0.15, -0.1) is 0 Å². The number of nitrogens with zero attached hydrogens (tertiary/aromatic N) is 1. The zero-order valence-electron chi connectivity index (χ0n) is 18.0. The number of carbonyl (C=O) groups is 2. The molecule has 0 unspecified atom stereocenters. The Balaban J connectivity index is 1.86. The molecule has 0 saturated carbocycles. The number of carbonyl (C=O) groups excluding carboxylic acids is 2. The summed E-state index contributed by atoms with van der Waals surface area (Å²) in [5.74, 6) is -0.0110. The van der Waals surface area contributed by atoms with E-state index < -0.39 is 11.8 Å². The van der Waals surface area contributed by atoms with Crippen LogP contribution in [0.1, 0.15) is 21.5 Å². The van der Waals surface area contributed by atoms with Crippen molar-refractivity contribution in [3.63, 3.8) is 0 Å². The molecule has 2 N–H and O–H groups in total. The van der Waals surface area contributed by atoms with Crippen LogP contribution < -0.4 is 20.2 Å². The number of benzene rings is 3. The average molecular weight is 464 g/mol. The molecule has 0 aliphatic carbocycles. The molecule has 0 aliphatic rings. The first-order valence-corrected chi connectivity index (χ1v) is 10.3. The normalized spacial score (nSPS) is 11.2. The van der Waals surface area contributed by atoms with Crippen LogP contribution in [-0.4, -0.2) is 32.2 Å².